The Hall–Kier alpha value is -1.85. The molecule has 0 aromatic heterocycles. The van der Waals surface area contributed by atoms with Crippen molar-refractivity contribution < 1.29 is 14.6 Å². The van der Waals surface area contributed by atoms with Gasteiger partial charge in [-0.2, -0.15) is 0 Å². The zero-order valence-corrected chi connectivity index (χ0v) is 17.6. The molecule has 3 rings (SSSR count). The number of benzene rings is 2. The molecule has 0 saturated carbocycles. The van der Waals surface area contributed by atoms with Gasteiger partial charge in [0.1, 0.15) is 26.2 Å². The van der Waals surface area contributed by atoms with Crippen LogP contribution in [0.4, 0.5) is 5.69 Å². The Morgan fingerprint density at radius 2 is 1.68 bits per heavy atom. The largest absolute Gasteiger partial charge is 0.322 e. The molecular formula is C22H27Cl2N3O+2. The monoisotopic (exact) mass is 419 g/mol. The lowest BCUT2D eigenvalue weighted by molar-refractivity contribution is -1.02. The van der Waals surface area contributed by atoms with Crippen molar-refractivity contribution in [3.05, 3.63) is 70.2 Å². The van der Waals surface area contributed by atoms with Gasteiger partial charge in [0, 0.05) is 0 Å². The number of quaternary nitrogens is 2. The Bertz CT molecular complexity index is 798. The van der Waals surface area contributed by atoms with Crippen molar-refractivity contribution in [2.24, 2.45) is 0 Å². The van der Waals surface area contributed by atoms with Crippen LogP contribution in [0, 0.1) is 0 Å². The molecule has 0 spiro atoms. The summed E-state index contributed by atoms with van der Waals surface area (Å²) in [5.74, 6) is -0.0441. The second-order valence-electron chi connectivity index (χ2n) is 7.23. The van der Waals surface area contributed by atoms with Crippen LogP contribution < -0.4 is 15.1 Å². The average Bonchev–Trinajstić information content (AvgIpc) is 2.71. The number of nitrogens with one attached hydrogen (secondary N) is 3. The lowest BCUT2D eigenvalue weighted by atomic mass is 10.2. The lowest BCUT2D eigenvalue weighted by Gasteiger charge is -2.32. The summed E-state index contributed by atoms with van der Waals surface area (Å²) in [5.41, 5.74) is 1.73. The third-order valence-corrected chi connectivity index (χ3v) is 5.96. The maximum atomic E-state index is 12.7. The van der Waals surface area contributed by atoms with Crippen LogP contribution in [0.2, 0.25) is 10.0 Å². The summed E-state index contributed by atoms with van der Waals surface area (Å²) in [4.78, 5) is 15.5. The van der Waals surface area contributed by atoms with E-state index in [4.69, 9.17) is 23.2 Å². The molecule has 4 nitrogen and oxygen atoms in total. The lowest BCUT2D eigenvalue weighted by Crippen LogP contribution is -3.29. The molecule has 2 aromatic rings. The summed E-state index contributed by atoms with van der Waals surface area (Å²) in [6, 6.07) is 15.4. The number of rotatable bonds is 6. The SMILES string of the molecule is C[C@@H](C(=O)Nc1c(Cl)cccc1Cl)[NH+]1CC[NH+](C/C=C/c2ccccc2)CC1. The summed E-state index contributed by atoms with van der Waals surface area (Å²) in [7, 11) is 0. The van der Waals surface area contributed by atoms with E-state index < -0.39 is 0 Å². The quantitative estimate of drug-likeness (QED) is 0.656. The molecule has 0 aliphatic carbocycles. The molecule has 1 aliphatic rings. The molecule has 1 atom stereocenters. The summed E-state index contributed by atoms with van der Waals surface area (Å²) in [6.07, 6.45) is 4.42. The molecule has 1 saturated heterocycles. The first-order valence-corrected chi connectivity index (χ1v) is 10.4. The van der Waals surface area contributed by atoms with E-state index in [0.717, 1.165) is 32.7 Å². The molecule has 6 heteroatoms. The molecule has 3 N–H and O–H groups in total. The van der Waals surface area contributed by atoms with Gasteiger partial charge in [-0.3, -0.25) is 4.79 Å². The first-order chi connectivity index (χ1) is 13.5. The number of para-hydroxylation sites is 1. The fourth-order valence-corrected chi connectivity index (χ4v) is 4.01. The molecule has 148 valence electrons. The number of halogens is 2. The minimum atomic E-state index is -0.145. The number of hydrogen-bond donors (Lipinski definition) is 3. The van der Waals surface area contributed by atoms with Crippen molar-refractivity contribution in [3.8, 4) is 0 Å². The van der Waals surface area contributed by atoms with Gasteiger partial charge in [0.05, 0.1) is 22.3 Å². The highest BCUT2D eigenvalue weighted by Gasteiger charge is 2.31. The molecule has 1 aliphatic heterocycles. The van der Waals surface area contributed by atoms with E-state index in [1.54, 1.807) is 23.1 Å². The van der Waals surface area contributed by atoms with E-state index in [2.05, 4.69) is 41.7 Å². The first-order valence-electron chi connectivity index (χ1n) is 9.69. The van der Waals surface area contributed by atoms with E-state index in [-0.39, 0.29) is 11.9 Å². The normalized spacial score (nSPS) is 20.8. The van der Waals surface area contributed by atoms with Gasteiger partial charge < -0.3 is 15.1 Å². The predicted octanol–water partition coefficient (Wildman–Crippen LogP) is 1.82. The highest BCUT2D eigenvalue weighted by atomic mass is 35.5. The van der Waals surface area contributed by atoms with Gasteiger partial charge in [0.2, 0.25) is 0 Å². The van der Waals surface area contributed by atoms with Gasteiger partial charge in [-0.15, -0.1) is 0 Å². The molecular weight excluding hydrogens is 393 g/mol. The van der Waals surface area contributed by atoms with E-state index in [0.29, 0.717) is 15.7 Å². The summed E-state index contributed by atoms with van der Waals surface area (Å²) in [6.45, 7) is 7.03. The maximum absolute atomic E-state index is 12.7. The number of anilines is 1. The van der Waals surface area contributed by atoms with E-state index in [1.807, 2.05) is 13.0 Å². The van der Waals surface area contributed by atoms with E-state index >= 15 is 0 Å². The maximum Gasteiger partial charge on any atom is 0.282 e. The van der Waals surface area contributed by atoms with Crippen LogP contribution in [0.15, 0.2) is 54.6 Å². The zero-order valence-electron chi connectivity index (χ0n) is 16.1. The summed E-state index contributed by atoms with van der Waals surface area (Å²) in [5, 5.41) is 3.82. The molecule has 1 heterocycles. The van der Waals surface area contributed by atoms with Crippen LogP contribution in [0.3, 0.4) is 0 Å². The molecule has 1 amide bonds. The topological polar surface area (TPSA) is 38.0 Å². The number of piperazine rings is 1. The molecule has 0 unspecified atom stereocenters. The van der Waals surface area contributed by atoms with Gasteiger partial charge in [-0.25, -0.2) is 0 Å². The summed E-state index contributed by atoms with van der Waals surface area (Å²) >= 11 is 12.3. The minimum Gasteiger partial charge on any atom is -0.322 e. The third kappa shape index (κ3) is 5.58. The van der Waals surface area contributed by atoms with Crippen molar-refractivity contribution in [2.45, 2.75) is 13.0 Å². The fourth-order valence-electron chi connectivity index (χ4n) is 3.52. The minimum absolute atomic E-state index is 0.0441. The van der Waals surface area contributed by atoms with Crippen molar-refractivity contribution in [3.63, 3.8) is 0 Å². The summed E-state index contributed by atoms with van der Waals surface area (Å²) < 4.78 is 0. The van der Waals surface area contributed by atoms with Gasteiger partial charge >= 0.3 is 0 Å². The van der Waals surface area contributed by atoms with Crippen LogP contribution in [0.25, 0.3) is 6.08 Å². The Labute approximate surface area is 176 Å². The Kier molecular flexibility index (Phi) is 7.51. The van der Waals surface area contributed by atoms with Gasteiger partial charge in [0.15, 0.2) is 6.04 Å². The van der Waals surface area contributed by atoms with Crippen molar-refractivity contribution in [1.29, 1.82) is 0 Å². The third-order valence-electron chi connectivity index (χ3n) is 5.33. The molecule has 28 heavy (non-hydrogen) atoms. The second-order valence-corrected chi connectivity index (χ2v) is 8.05. The number of carbonyl (C=O) groups excluding carboxylic acids is 1. The number of carbonyl (C=O) groups is 1. The van der Waals surface area contributed by atoms with Crippen LogP contribution in [0.1, 0.15) is 12.5 Å². The Morgan fingerprint density at radius 3 is 2.32 bits per heavy atom. The van der Waals surface area contributed by atoms with Gasteiger partial charge in [-0.1, -0.05) is 65.7 Å². The van der Waals surface area contributed by atoms with Gasteiger partial charge in [-0.05, 0) is 30.7 Å². The first kappa shape index (κ1) is 20.9. The standard InChI is InChI=1S/C22H25Cl2N3O/c1-17(22(28)25-21-19(23)10-5-11-20(21)24)27-15-13-26(14-16-27)12-6-9-18-7-3-2-4-8-18/h2-11,17H,12-16H2,1H3,(H,25,28)/p+2/b9-6+/t17-/m0/s1. The van der Waals surface area contributed by atoms with Crippen LogP contribution >= 0.6 is 23.2 Å². The van der Waals surface area contributed by atoms with Crippen molar-refractivity contribution in [1.82, 2.24) is 0 Å². The number of hydrogen-bond acceptors (Lipinski definition) is 1. The highest BCUT2D eigenvalue weighted by Crippen LogP contribution is 2.29. The predicted molar refractivity (Wildman–Crippen MR) is 116 cm³/mol. The molecule has 0 bridgehead atoms. The highest BCUT2D eigenvalue weighted by molar-refractivity contribution is 6.39. The van der Waals surface area contributed by atoms with Crippen molar-refractivity contribution >= 4 is 40.9 Å². The Balaban J connectivity index is 1.47. The fraction of sp³-hybridized carbons (Fsp3) is 0.318. The van der Waals surface area contributed by atoms with Crippen molar-refractivity contribution in [2.75, 3.05) is 38.0 Å². The zero-order chi connectivity index (χ0) is 19.9. The second kappa shape index (κ2) is 10.1. The average molecular weight is 420 g/mol. The Morgan fingerprint density at radius 1 is 1.04 bits per heavy atom. The van der Waals surface area contributed by atoms with Gasteiger partial charge in [0.25, 0.3) is 5.91 Å². The van der Waals surface area contributed by atoms with E-state index in [1.165, 1.54) is 10.5 Å². The van der Waals surface area contributed by atoms with E-state index in [9.17, 15) is 4.79 Å². The van der Waals surface area contributed by atoms with Crippen LogP contribution in [0.5, 0.6) is 0 Å². The molecule has 2 aromatic carbocycles. The number of amides is 1. The molecule has 0 radical (unpaired) electrons. The van der Waals surface area contributed by atoms with Crippen LogP contribution in [-0.2, 0) is 4.79 Å². The molecule has 1 fully saturated rings. The van der Waals surface area contributed by atoms with Crippen LogP contribution in [-0.4, -0.2) is 44.7 Å². The smallest absolute Gasteiger partial charge is 0.282 e.